The van der Waals surface area contributed by atoms with Gasteiger partial charge in [-0.2, -0.15) is 9.36 Å². The first-order chi connectivity index (χ1) is 9.38. The largest absolute Gasteiger partial charge is 0.485 e. The summed E-state index contributed by atoms with van der Waals surface area (Å²) >= 11 is 1.39. The number of rotatable bonds is 3. The predicted octanol–water partition coefficient (Wildman–Crippen LogP) is 2.62. The molecule has 1 aromatic carbocycles. The van der Waals surface area contributed by atoms with Crippen LogP contribution in [0.25, 0.3) is 0 Å². The number of benzene rings is 1. The first kappa shape index (κ1) is 11.0. The van der Waals surface area contributed by atoms with E-state index in [4.69, 9.17) is 9.47 Å². The molecular formula is C13H13N3O2S. The lowest BCUT2D eigenvalue weighted by Gasteiger charge is -2.24. The number of hydrogen-bond donors (Lipinski definition) is 1. The fraction of sp³-hybridized carbons (Fsp3) is 0.385. The van der Waals surface area contributed by atoms with Gasteiger partial charge in [0.05, 0.1) is 0 Å². The molecular weight excluding hydrogens is 262 g/mol. The highest BCUT2D eigenvalue weighted by molar-refractivity contribution is 7.09. The van der Waals surface area contributed by atoms with Crippen LogP contribution in [-0.4, -0.2) is 22.0 Å². The van der Waals surface area contributed by atoms with E-state index in [1.54, 1.807) is 0 Å². The fourth-order valence-corrected chi connectivity index (χ4v) is 2.67. The number of ether oxygens (including phenoxy) is 2. The average Bonchev–Trinajstić information content (AvgIpc) is 3.14. The van der Waals surface area contributed by atoms with Crippen molar-refractivity contribution < 1.29 is 9.47 Å². The minimum absolute atomic E-state index is 0.221. The molecule has 1 aliphatic heterocycles. The lowest BCUT2D eigenvalue weighted by molar-refractivity contribution is 0.0860. The van der Waals surface area contributed by atoms with Gasteiger partial charge >= 0.3 is 0 Å². The third-order valence-corrected chi connectivity index (χ3v) is 3.80. The molecule has 1 fully saturated rings. The van der Waals surface area contributed by atoms with Gasteiger partial charge in [-0.3, -0.25) is 0 Å². The zero-order chi connectivity index (χ0) is 12.7. The number of hydrogen-bond acceptors (Lipinski definition) is 6. The van der Waals surface area contributed by atoms with Crippen molar-refractivity contribution in [2.24, 2.45) is 0 Å². The Kier molecular flexibility index (Phi) is 2.55. The molecule has 1 aromatic heterocycles. The molecule has 1 saturated carbocycles. The second kappa shape index (κ2) is 4.38. The van der Waals surface area contributed by atoms with Gasteiger partial charge in [0.25, 0.3) is 0 Å². The van der Waals surface area contributed by atoms with E-state index >= 15 is 0 Å². The first-order valence-corrected chi connectivity index (χ1v) is 7.14. The summed E-state index contributed by atoms with van der Waals surface area (Å²) in [4.78, 5) is 4.48. The zero-order valence-electron chi connectivity index (χ0n) is 10.2. The Balaban J connectivity index is 1.52. The minimum atomic E-state index is -0.221. The molecule has 5 nitrogen and oxygen atoms in total. The smallest absolute Gasteiger partial charge is 0.202 e. The Morgan fingerprint density at radius 2 is 2.05 bits per heavy atom. The van der Waals surface area contributed by atoms with Crippen molar-refractivity contribution in [2.75, 3.05) is 11.9 Å². The van der Waals surface area contributed by atoms with Crippen LogP contribution in [0.2, 0.25) is 0 Å². The highest BCUT2D eigenvalue weighted by Gasteiger charge is 2.27. The number of anilines is 1. The molecule has 0 bridgehead atoms. The van der Waals surface area contributed by atoms with Crippen LogP contribution in [0.15, 0.2) is 24.3 Å². The quantitative estimate of drug-likeness (QED) is 0.933. The Morgan fingerprint density at radius 1 is 1.21 bits per heavy atom. The number of nitrogens with zero attached hydrogens (tertiary/aromatic N) is 2. The Labute approximate surface area is 114 Å². The third kappa shape index (κ3) is 2.23. The molecule has 2 heterocycles. The van der Waals surface area contributed by atoms with Crippen LogP contribution < -0.4 is 14.8 Å². The van der Waals surface area contributed by atoms with Crippen LogP contribution >= 0.6 is 11.5 Å². The SMILES string of the molecule is c1ccc2c(c1)OCC(c1nsc(NC3CC3)n1)O2. The van der Waals surface area contributed by atoms with Crippen molar-refractivity contribution in [1.29, 1.82) is 0 Å². The van der Waals surface area contributed by atoms with Crippen LogP contribution in [0.1, 0.15) is 24.8 Å². The molecule has 2 aliphatic rings. The van der Waals surface area contributed by atoms with Crippen molar-refractivity contribution in [2.45, 2.75) is 25.0 Å². The number of para-hydroxylation sites is 2. The van der Waals surface area contributed by atoms with Crippen molar-refractivity contribution in [3.8, 4) is 11.5 Å². The van der Waals surface area contributed by atoms with Crippen LogP contribution in [0.4, 0.5) is 5.13 Å². The lowest BCUT2D eigenvalue weighted by Crippen LogP contribution is -2.22. The van der Waals surface area contributed by atoms with Crippen LogP contribution in [-0.2, 0) is 0 Å². The van der Waals surface area contributed by atoms with E-state index in [-0.39, 0.29) is 6.10 Å². The molecule has 1 aliphatic carbocycles. The molecule has 1 atom stereocenters. The maximum atomic E-state index is 5.88. The molecule has 0 amide bonds. The second-order valence-corrected chi connectivity index (χ2v) is 5.49. The molecule has 0 radical (unpaired) electrons. The van der Waals surface area contributed by atoms with Gasteiger partial charge in [-0.05, 0) is 25.0 Å². The second-order valence-electron chi connectivity index (χ2n) is 4.74. The van der Waals surface area contributed by atoms with Gasteiger partial charge in [-0.1, -0.05) is 12.1 Å². The maximum absolute atomic E-state index is 5.88. The summed E-state index contributed by atoms with van der Waals surface area (Å²) in [6.07, 6.45) is 2.23. The van der Waals surface area contributed by atoms with Crippen molar-refractivity contribution in [3.05, 3.63) is 30.1 Å². The molecule has 1 unspecified atom stereocenters. The van der Waals surface area contributed by atoms with E-state index in [0.29, 0.717) is 18.5 Å². The summed E-state index contributed by atoms with van der Waals surface area (Å²) in [7, 11) is 0. The Hall–Kier alpha value is -1.82. The van der Waals surface area contributed by atoms with Crippen LogP contribution in [0.3, 0.4) is 0 Å². The van der Waals surface area contributed by atoms with E-state index in [1.165, 1.54) is 24.4 Å². The highest BCUT2D eigenvalue weighted by atomic mass is 32.1. The molecule has 2 aromatic rings. The monoisotopic (exact) mass is 275 g/mol. The van der Waals surface area contributed by atoms with Crippen LogP contribution in [0.5, 0.6) is 11.5 Å². The summed E-state index contributed by atoms with van der Waals surface area (Å²) in [6.45, 7) is 0.455. The van der Waals surface area contributed by atoms with E-state index in [9.17, 15) is 0 Å². The number of aromatic nitrogens is 2. The van der Waals surface area contributed by atoms with Gasteiger partial charge in [0.15, 0.2) is 23.4 Å². The van der Waals surface area contributed by atoms with Gasteiger partial charge < -0.3 is 14.8 Å². The molecule has 4 rings (SSSR count). The fourth-order valence-electron chi connectivity index (χ4n) is 1.97. The molecule has 1 N–H and O–H groups in total. The summed E-state index contributed by atoms with van der Waals surface area (Å²) in [5, 5.41) is 4.22. The van der Waals surface area contributed by atoms with Gasteiger partial charge in [0.1, 0.15) is 6.61 Å². The van der Waals surface area contributed by atoms with Crippen molar-refractivity contribution in [3.63, 3.8) is 0 Å². The molecule has 0 saturated heterocycles. The molecule has 6 heteroatoms. The van der Waals surface area contributed by atoms with E-state index in [0.717, 1.165) is 16.6 Å². The third-order valence-electron chi connectivity index (χ3n) is 3.14. The predicted molar refractivity (Wildman–Crippen MR) is 71.9 cm³/mol. The van der Waals surface area contributed by atoms with E-state index in [1.807, 2.05) is 24.3 Å². The van der Waals surface area contributed by atoms with Gasteiger partial charge in [-0.15, -0.1) is 0 Å². The summed E-state index contributed by atoms with van der Waals surface area (Å²) in [6, 6.07) is 8.25. The Bertz CT molecular complexity index is 597. The van der Waals surface area contributed by atoms with Gasteiger partial charge in [0, 0.05) is 17.6 Å². The van der Waals surface area contributed by atoms with Gasteiger partial charge in [-0.25, -0.2) is 0 Å². The van der Waals surface area contributed by atoms with Gasteiger partial charge in [0.2, 0.25) is 5.13 Å². The molecule has 19 heavy (non-hydrogen) atoms. The maximum Gasteiger partial charge on any atom is 0.202 e. The normalized spacial score (nSPS) is 21.2. The number of fused-ring (bicyclic) bond motifs is 1. The summed E-state index contributed by atoms with van der Waals surface area (Å²) in [5.41, 5.74) is 0. The highest BCUT2D eigenvalue weighted by Crippen LogP contribution is 2.36. The molecule has 98 valence electrons. The lowest BCUT2D eigenvalue weighted by atomic mass is 10.2. The zero-order valence-corrected chi connectivity index (χ0v) is 11.0. The molecule has 0 spiro atoms. The number of nitrogens with one attached hydrogen (secondary N) is 1. The Morgan fingerprint density at radius 3 is 2.89 bits per heavy atom. The van der Waals surface area contributed by atoms with E-state index in [2.05, 4.69) is 14.7 Å². The van der Waals surface area contributed by atoms with Crippen LogP contribution in [0, 0.1) is 0 Å². The minimum Gasteiger partial charge on any atom is -0.485 e. The first-order valence-electron chi connectivity index (χ1n) is 6.37. The standard InChI is InChI=1S/C13H13N3O2S/c1-2-4-10-9(3-1)17-7-11(18-10)12-15-13(19-16-12)14-8-5-6-8/h1-4,8,11H,5-7H2,(H,14,15,16). The summed E-state index contributed by atoms with van der Waals surface area (Å²) < 4.78 is 15.9. The van der Waals surface area contributed by atoms with Crippen molar-refractivity contribution >= 4 is 16.7 Å². The summed E-state index contributed by atoms with van der Waals surface area (Å²) in [5.74, 6) is 2.23. The topological polar surface area (TPSA) is 56.3 Å². The average molecular weight is 275 g/mol. The van der Waals surface area contributed by atoms with E-state index < -0.39 is 0 Å². The van der Waals surface area contributed by atoms with Crippen molar-refractivity contribution in [1.82, 2.24) is 9.36 Å².